The Morgan fingerprint density at radius 2 is 1.88 bits per heavy atom. The van der Waals surface area contributed by atoms with Gasteiger partial charge >= 0.3 is 0 Å². The summed E-state index contributed by atoms with van der Waals surface area (Å²) in [6.45, 7) is 0. The van der Waals surface area contributed by atoms with E-state index in [1.165, 1.54) is 12.1 Å². The molecule has 0 fully saturated rings. The molecule has 2 aromatic carbocycles. The zero-order valence-corrected chi connectivity index (χ0v) is 8.83. The smallest absolute Gasteiger partial charge is 0.258 e. The molecule has 4 heteroatoms. The van der Waals surface area contributed by atoms with E-state index in [1.54, 1.807) is 36.4 Å². The van der Waals surface area contributed by atoms with Crippen molar-refractivity contribution >= 4 is 5.69 Å². The topological polar surface area (TPSA) is 66.9 Å². The Morgan fingerprint density at radius 3 is 2.59 bits per heavy atom. The SMILES string of the molecule is N#Cc1ccccc1-c1cccc([N+](=O)[O-])c1. The molecule has 0 saturated carbocycles. The van der Waals surface area contributed by atoms with Crippen LogP contribution in [-0.4, -0.2) is 4.92 Å². The van der Waals surface area contributed by atoms with Crippen LogP contribution in [0.3, 0.4) is 0 Å². The lowest BCUT2D eigenvalue weighted by atomic mass is 10.0. The van der Waals surface area contributed by atoms with Gasteiger partial charge in [-0.25, -0.2) is 0 Å². The summed E-state index contributed by atoms with van der Waals surface area (Å²) < 4.78 is 0. The molecular formula is C13H8N2O2. The van der Waals surface area contributed by atoms with E-state index in [0.29, 0.717) is 16.7 Å². The molecule has 0 radical (unpaired) electrons. The molecule has 17 heavy (non-hydrogen) atoms. The van der Waals surface area contributed by atoms with Crippen LogP contribution in [0.4, 0.5) is 5.69 Å². The van der Waals surface area contributed by atoms with Crippen molar-refractivity contribution in [3.8, 4) is 17.2 Å². The second kappa shape index (κ2) is 4.45. The highest BCUT2D eigenvalue weighted by molar-refractivity contribution is 5.72. The first-order valence-corrected chi connectivity index (χ1v) is 4.96. The number of hydrogen-bond donors (Lipinski definition) is 0. The Kier molecular flexibility index (Phi) is 2.84. The maximum absolute atomic E-state index is 10.7. The molecule has 0 saturated heterocycles. The van der Waals surface area contributed by atoms with Crippen LogP contribution >= 0.6 is 0 Å². The van der Waals surface area contributed by atoms with Crippen LogP contribution in [0.15, 0.2) is 48.5 Å². The predicted molar refractivity (Wildman–Crippen MR) is 63.2 cm³/mol. The fourth-order valence-corrected chi connectivity index (χ4v) is 1.62. The fraction of sp³-hybridized carbons (Fsp3) is 0. The Balaban J connectivity index is 2.57. The van der Waals surface area contributed by atoms with E-state index in [-0.39, 0.29) is 5.69 Å². The Labute approximate surface area is 97.9 Å². The van der Waals surface area contributed by atoms with E-state index in [2.05, 4.69) is 6.07 Å². The van der Waals surface area contributed by atoms with Gasteiger partial charge in [-0.05, 0) is 17.2 Å². The molecule has 82 valence electrons. The highest BCUT2D eigenvalue weighted by Gasteiger charge is 2.09. The van der Waals surface area contributed by atoms with Crippen LogP contribution in [0, 0.1) is 21.4 Å². The summed E-state index contributed by atoms with van der Waals surface area (Å²) in [7, 11) is 0. The first-order valence-electron chi connectivity index (χ1n) is 4.96. The molecule has 0 aliphatic heterocycles. The number of nitro benzene ring substituents is 1. The molecular weight excluding hydrogens is 216 g/mol. The van der Waals surface area contributed by atoms with Gasteiger partial charge in [0.05, 0.1) is 16.6 Å². The monoisotopic (exact) mass is 224 g/mol. The maximum atomic E-state index is 10.7. The van der Waals surface area contributed by atoms with E-state index in [0.717, 1.165) is 0 Å². The summed E-state index contributed by atoms with van der Waals surface area (Å²) in [5.74, 6) is 0. The molecule has 0 bridgehead atoms. The number of non-ortho nitro benzene ring substituents is 1. The second-order valence-corrected chi connectivity index (χ2v) is 3.46. The van der Waals surface area contributed by atoms with Crippen LogP contribution in [0.25, 0.3) is 11.1 Å². The third kappa shape index (κ3) is 2.13. The minimum absolute atomic E-state index is 0.0234. The zero-order valence-electron chi connectivity index (χ0n) is 8.83. The second-order valence-electron chi connectivity index (χ2n) is 3.46. The van der Waals surface area contributed by atoms with Crippen molar-refractivity contribution in [1.29, 1.82) is 5.26 Å². The minimum atomic E-state index is -0.446. The molecule has 2 aromatic rings. The van der Waals surface area contributed by atoms with Crippen molar-refractivity contribution in [2.75, 3.05) is 0 Å². The van der Waals surface area contributed by atoms with Crippen molar-refractivity contribution in [3.63, 3.8) is 0 Å². The molecule has 0 unspecified atom stereocenters. The molecule has 0 heterocycles. The van der Waals surface area contributed by atoms with Crippen molar-refractivity contribution in [2.45, 2.75) is 0 Å². The average Bonchev–Trinajstić information content (AvgIpc) is 2.39. The van der Waals surface area contributed by atoms with Gasteiger partial charge in [-0.2, -0.15) is 5.26 Å². The number of benzene rings is 2. The normalized spacial score (nSPS) is 9.59. The Hall–Kier alpha value is -2.67. The Morgan fingerprint density at radius 1 is 1.12 bits per heavy atom. The van der Waals surface area contributed by atoms with Gasteiger partial charge in [0.25, 0.3) is 5.69 Å². The van der Waals surface area contributed by atoms with Crippen molar-refractivity contribution < 1.29 is 4.92 Å². The summed E-state index contributed by atoms with van der Waals surface area (Å²) in [4.78, 5) is 10.2. The summed E-state index contributed by atoms with van der Waals surface area (Å²) in [6, 6.07) is 15.4. The highest BCUT2D eigenvalue weighted by atomic mass is 16.6. The first kappa shape index (κ1) is 10.8. The number of hydrogen-bond acceptors (Lipinski definition) is 3. The third-order valence-corrected chi connectivity index (χ3v) is 2.42. The van der Waals surface area contributed by atoms with E-state index in [9.17, 15) is 10.1 Å². The van der Waals surface area contributed by atoms with E-state index < -0.39 is 4.92 Å². The summed E-state index contributed by atoms with van der Waals surface area (Å²) in [5.41, 5.74) is 1.92. The fourth-order valence-electron chi connectivity index (χ4n) is 1.62. The lowest BCUT2D eigenvalue weighted by Gasteiger charge is -2.03. The quantitative estimate of drug-likeness (QED) is 0.581. The average molecular weight is 224 g/mol. The maximum Gasteiger partial charge on any atom is 0.270 e. The summed E-state index contributed by atoms with van der Waals surface area (Å²) >= 11 is 0. The van der Waals surface area contributed by atoms with Crippen molar-refractivity contribution in [2.24, 2.45) is 0 Å². The van der Waals surface area contributed by atoms with Crippen LogP contribution in [0.1, 0.15) is 5.56 Å². The van der Waals surface area contributed by atoms with Gasteiger partial charge < -0.3 is 0 Å². The molecule has 0 aliphatic carbocycles. The van der Waals surface area contributed by atoms with E-state index in [4.69, 9.17) is 5.26 Å². The van der Waals surface area contributed by atoms with Crippen LogP contribution < -0.4 is 0 Å². The summed E-state index contributed by atoms with van der Waals surface area (Å²) in [5, 5.41) is 19.7. The standard InChI is InChI=1S/C13H8N2O2/c14-9-11-4-1-2-7-13(11)10-5-3-6-12(8-10)15(16)17/h1-8H. The number of nitrogens with zero attached hydrogens (tertiary/aromatic N) is 2. The van der Waals surface area contributed by atoms with Gasteiger partial charge in [0.2, 0.25) is 0 Å². The Bertz CT molecular complexity index is 615. The minimum Gasteiger partial charge on any atom is -0.258 e. The third-order valence-electron chi connectivity index (χ3n) is 2.42. The number of nitro groups is 1. The van der Waals surface area contributed by atoms with Gasteiger partial charge in [-0.3, -0.25) is 10.1 Å². The summed E-state index contributed by atoms with van der Waals surface area (Å²) in [6.07, 6.45) is 0. The largest absolute Gasteiger partial charge is 0.270 e. The van der Waals surface area contributed by atoms with Crippen LogP contribution in [0.2, 0.25) is 0 Å². The van der Waals surface area contributed by atoms with Crippen LogP contribution in [0.5, 0.6) is 0 Å². The number of nitriles is 1. The number of rotatable bonds is 2. The molecule has 2 rings (SSSR count). The molecule has 0 amide bonds. The molecule has 0 atom stereocenters. The van der Waals surface area contributed by atoms with E-state index in [1.807, 2.05) is 0 Å². The van der Waals surface area contributed by atoms with Gasteiger partial charge in [-0.1, -0.05) is 30.3 Å². The van der Waals surface area contributed by atoms with Crippen LogP contribution in [-0.2, 0) is 0 Å². The van der Waals surface area contributed by atoms with Gasteiger partial charge in [0.1, 0.15) is 0 Å². The van der Waals surface area contributed by atoms with Gasteiger partial charge in [-0.15, -0.1) is 0 Å². The van der Waals surface area contributed by atoms with Gasteiger partial charge in [0.15, 0.2) is 0 Å². The van der Waals surface area contributed by atoms with Crippen molar-refractivity contribution in [3.05, 3.63) is 64.2 Å². The van der Waals surface area contributed by atoms with Crippen molar-refractivity contribution in [1.82, 2.24) is 0 Å². The molecule has 0 N–H and O–H groups in total. The zero-order chi connectivity index (χ0) is 12.3. The van der Waals surface area contributed by atoms with E-state index >= 15 is 0 Å². The predicted octanol–water partition coefficient (Wildman–Crippen LogP) is 3.13. The molecule has 0 aromatic heterocycles. The highest BCUT2D eigenvalue weighted by Crippen LogP contribution is 2.26. The molecule has 0 aliphatic rings. The first-order chi connectivity index (χ1) is 8.22. The molecule has 4 nitrogen and oxygen atoms in total. The lowest BCUT2D eigenvalue weighted by Crippen LogP contribution is -1.89. The van der Waals surface area contributed by atoms with Gasteiger partial charge in [0, 0.05) is 12.1 Å². The molecule has 0 spiro atoms. The lowest BCUT2D eigenvalue weighted by molar-refractivity contribution is -0.384.